The summed E-state index contributed by atoms with van der Waals surface area (Å²) in [4.78, 5) is 20.1. The lowest BCUT2D eigenvalue weighted by Crippen LogP contribution is -2.25. The Kier molecular flexibility index (Phi) is 4.52. The summed E-state index contributed by atoms with van der Waals surface area (Å²) in [7, 11) is 0. The molecule has 0 saturated carbocycles. The van der Waals surface area contributed by atoms with Gasteiger partial charge in [0.1, 0.15) is 11.5 Å². The third kappa shape index (κ3) is 3.54. The summed E-state index contributed by atoms with van der Waals surface area (Å²) in [6, 6.07) is 3.23. The minimum Gasteiger partial charge on any atom is -0.343 e. The Balaban J connectivity index is 1.96. The first kappa shape index (κ1) is 13.5. The van der Waals surface area contributed by atoms with E-state index in [1.165, 1.54) is 6.20 Å². The van der Waals surface area contributed by atoms with Crippen LogP contribution in [0.15, 0.2) is 30.7 Å². The molecule has 2 heterocycles. The van der Waals surface area contributed by atoms with E-state index in [1.54, 1.807) is 18.3 Å². The van der Waals surface area contributed by atoms with Crippen LogP contribution in [0.2, 0.25) is 5.02 Å². The van der Waals surface area contributed by atoms with Gasteiger partial charge >= 0.3 is 0 Å². The van der Waals surface area contributed by atoms with Gasteiger partial charge in [0.15, 0.2) is 0 Å². The number of hydrogen-bond acceptors (Lipinski definition) is 3. The predicted molar refractivity (Wildman–Crippen MR) is 72.9 cm³/mol. The number of hydrogen-bond donors (Lipinski definition) is 1. The zero-order valence-corrected chi connectivity index (χ0v) is 11.4. The van der Waals surface area contributed by atoms with Crippen LogP contribution in [-0.4, -0.2) is 20.4 Å². The van der Waals surface area contributed by atoms with Crippen LogP contribution in [-0.2, 0) is 13.1 Å². The third-order valence-corrected chi connectivity index (χ3v) is 2.86. The van der Waals surface area contributed by atoms with Crippen molar-refractivity contribution in [3.05, 3.63) is 47.3 Å². The predicted octanol–water partition coefficient (Wildman–Crippen LogP) is 2.27. The van der Waals surface area contributed by atoms with Crippen LogP contribution in [0.3, 0.4) is 0 Å². The molecule has 6 heteroatoms. The second-order valence-corrected chi connectivity index (χ2v) is 4.52. The average molecular weight is 279 g/mol. The molecule has 5 nitrogen and oxygen atoms in total. The molecule has 0 radical (unpaired) electrons. The Hall–Kier alpha value is -1.88. The molecule has 0 aliphatic heterocycles. The van der Waals surface area contributed by atoms with Gasteiger partial charge < -0.3 is 9.88 Å². The van der Waals surface area contributed by atoms with Crippen LogP contribution in [0, 0.1) is 0 Å². The average Bonchev–Trinajstić information content (AvgIpc) is 2.85. The smallest absolute Gasteiger partial charge is 0.270 e. The number of imidazole rings is 1. The number of carbonyl (C=O) groups is 1. The number of nitrogens with one attached hydrogen (secondary N) is 1. The van der Waals surface area contributed by atoms with E-state index in [4.69, 9.17) is 11.6 Å². The van der Waals surface area contributed by atoms with Gasteiger partial charge in [-0.15, -0.1) is 0 Å². The highest BCUT2D eigenvalue weighted by Gasteiger charge is 2.08. The lowest BCUT2D eigenvalue weighted by molar-refractivity contribution is 0.0944. The molecular formula is C13H15ClN4O. The van der Waals surface area contributed by atoms with Crippen LogP contribution < -0.4 is 5.32 Å². The van der Waals surface area contributed by atoms with Gasteiger partial charge in [-0.25, -0.2) is 9.97 Å². The number of aryl methyl sites for hydroxylation is 1. The van der Waals surface area contributed by atoms with Gasteiger partial charge in [-0.3, -0.25) is 4.79 Å². The number of rotatable bonds is 5. The molecule has 2 rings (SSSR count). The maximum absolute atomic E-state index is 11.9. The van der Waals surface area contributed by atoms with Gasteiger partial charge in [0.2, 0.25) is 0 Å². The summed E-state index contributed by atoms with van der Waals surface area (Å²) in [5.41, 5.74) is 0.345. The van der Waals surface area contributed by atoms with Crippen LogP contribution in [0.4, 0.5) is 0 Å². The zero-order chi connectivity index (χ0) is 13.7. The highest BCUT2D eigenvalue weighted by atomic mass is 35.5. The maximum Gasteiger partial charge on any atom is 0.270 e. The van der Waals surface area contributed by atoms with Crippen molar-refractivity contribution in [3.8, 4) is 0 Å². The maximum atomic E-state index is 11.9. The molecule has 1 N–H and O–H groups in total. The molecule has 0 aliphatic carbocycles. The molecule has 0 bridgehead atoms. The van der Waals surface area contributed by atoms with E-state index in [0.29, 0.717) is 17.3 Å². The van der Waals surface area contributed by atoms with Crippen molar-refractivity contribution in [1.82, 2.24) is 19.9 Å². The molecule has 0 atom stereocenters. The van der Waals surface area contributed by atoms with Gasteiger partial charge in [0, 0.05) is 25.1 Å². The Labute approximate surface area is 116 Å². The molecule has 0 fully saturated rings. The minimum absolute atomic E-state index is 0.234. The second kappa shape index (κ2) is 6.33. The SMILES string of the molecule is CCCn1ccnc1CNC(=O)c1ccc(Cl)cn1. The summed E-state index contributed by atoms with van der Waals surface area (Å²) >= 11 is 5.72. The fourth-order valence-electron chi connectivity index (χ4n) is 1.71. The number of carbonyl (C=O) groups excluding carboxylic acids is 1. The lowest BCUT2D eigenvalue weighted by Gasteiger charge is -2.07. The topological polar surface area (TPSA) is 59.8 Å². The van der Waals surface area contributed by atoms with E-state index in [2.05, 4.69) is 22.2 Å². The lowest BCUT2D eigenvalue weighted by atomic mass is 10.3. The summed E-state index contributed by atoms with van der Waals surface area (Å²) < 4.78 is 2.02. The molecule has 19 heavy (non-hydrogen) atoms. The molecule has 0 aliphatic rings. The zero-order valence-electron chi connectivity index (χ0n) is 10.6. The Morgan fingerprint density at radius 1 is 1.42 bits per heavy atom. The monoisotopic (exact) mass is 278 g/mol. The van der Waals surface area contributed by atoms with Crippen LogP contribution in [0.5, 0.6) is 0 Å². The van der Waals surface area contributed by atoms with Crippen LogP contribution in [0.1, 0.15) is 29.7 Å². The van der Waals surface area contributed by atoms with Crippen molar-refractivity contribution in [3.63, 3.8) is 0 Å². The fourth-order valence-corrected chi connectivity index (χ4v) is 1.82. The molecule has 2 aromatic heterocycles. The summed E-state index contributed by atoms with van der Waals surface area (Å²) in [5.74, 6) is 0.604. The quantitative estimate of drug-likeness (QED) is 0.913. The van der Waals surface area contributed by atoms with E-state index in [-0.39, 0.29) is 5.91 Å². The standard InChI is InChI=1S/C13H15ClN4O/c1-2-6-18-7-5-15-12(18)9-17-13(19)11-4-3-10(14)8-16-11/h3-5,7-8H,2,6,9H2,1H3,(H,17,19). The number of nitrogens with zero attached hydrogens (tertiary/aromatic N) is 3. The Morgan fingerprint density at radius 3 is 2.95 bits per heavy atom. The highest BCUT2D eigenvalue weighted by Crippen LogP contribution is 2.06. The molecule has 0 aromatic carbocycles. The van der Waals surface area contributed by atoms with E-state index in [1.807, 2.05) is 10.8 Å². The van der Waals surface area contributed by atoms with Crippen molar-refractivity contribution < 1.29 is 4.79 Å². The number of pyridine rings is 1. The van der Waals surface area contributed by atoms with Crippen molar-refractivity contribution in [1.29, 1.82) is 0 Å². The van der Waals surface area contributed by atoms with Crippen molar-refractivity contribution in [2.24, 2.45) is 0 Å². The van der Waals surface area contributed by atoms with Gasteiger partial charge in [-0.05, 0) is 18.6 Å². The summed E-state index contributed by atoms with van der Waals surface area (Å²) in [6.07, 6.45) is 6.12. The van der Waals surface area contributed by atoms with Crippen molar-refractivity contribution in [2.45, 2.75) is 26.4 Å². The summed E-state index contributed by atoms with van der Waals surface area (Å²) in [5, 5.41) is 3.30. The Morgan fingerprint density at radius 2 is 2.26 bits per heavy atom. The Bertz CT molecular complexity index is 550. The third-order valence-electron chi connectivity index (χ3n) is 2.63. The van der Waals surface area contributed by atoms with Crippen LogP contribution >= 0.6 is 11.6 Å². The number of halogens is 1. The molecule has 2 aromatic rings. The first-order valence-corrected chi connectivity index (χ1v) is 6.48. The molecule has 0 spiro atoms. The van der Waals surface area contributed by atoms with E-state index in [9.17, 15) is 4.79 Å². The molecule has 0 unspecified atom stereocenters. The van der Waals surface area contributed by atoms with E-state index in [0.717, 1.165) is 18.8 Å². The van der Waals surface area contributed by atoms with E-state index >= 15 is 0 Å². The van der Waals surface area contributed by atoms with Gasteiger partial charge in [-0.2, -0.15) is 0 Å². The number of aromatic nitrogens is 3. The molecule has 1 amide bonds. The summed E-state index contributed by atoms with van der Waals surface area (Å²) in [6.45, 7) is 3.38. The first-order chi connectivity index (χ1) is 9.20. The molecule has 100 valence electrons. The second-order valence-electron chi connectivity index (χ2n) is 4.08. The van der Waals surface area contributed by atoms with Gasteiger partial charge in [0.25, 0.3) is 5.91 Å². The molecule has 0 saturated heterocycles. The minimum atomic E-state index is -0.234. The fraction of sp³-hybridized carbons (Fsp3) is 0.308. The molecular weight excluding hydrogens is 264 g/mol. The van der Waals surface area contributed by atoms with Crippen LogP contribution in [0.25, 0.3) is 0 Å². The van der Waals surface area contributed by atoms with Gasteiger partial charge in [-0.1, -0.05) is 18.5 Å². The number of amides is 1. The largest absolute Gasteiger partial charge is 0.343 e. The van der Waals surface area contributed by atoms with Crippen molar-refractivity contribution in [2.75, 3.05) is 0 Å². The van der Waals surface area contributed by atoms with E-state index < -0.39 is 0 Å². The van der Waals surface area contributed by atoms with Crippen molar-refractivity contribution >= 4 is 17.5 Å². The highest BCUT2D eigenvalue weighted by molar-refractivity contribution is 6.30. The van der Waals surface area contributed by atoms with Gasteiger partial charge in [0.05, 0.1) is 11.6 Å². The normalized spacial score (nSPS) is 10.4. The first-order valence-electron chi connectivity index (χ1n) is 6.10.